The summed E-state index contributed by atoms with van der Waals surface area (Å²) in [5, 5.41) is 13.2. The SMILES string of the molecule is C#Cc1c(F)ccc2cc(OCOC)cc(-c3ncc4c(N5CCCC[C@@H](NC(=O)O)C5)nc(OCC56CCCN5CCC6)nc4c3F)c12. The number of aromatic nitrogens is 3. The lowest BCUT2D eigenvalue weighted by atomic mass is 9.95. The van der Waals surface area contributed by atoms with Crippen LogP contribution in [0.3, 0.4) is 0 Å². The van der Waals surface area contributed by atoms with Crippen LogP contribution in [0.5, 0.6) is 11.8 Å². The van der Waals surface area contributed by atoms with Gasteiger partial charge < -0.3 is 29.5 Å². The van der Waals surface area contributed by atoms with Gasteiger partial charge in [-0.15, -0.1) is 6.42 Å². The van der Waals surface area contributed by atoms with Gasteiger partial charge in [0, 0.05) is 43.4 Å². The maximum absolute atomic E-state index is 17.1. The number of carboxylic acid groups (broad SMARTS) is 1. The topological polar surface area (TPSA) is 122 Å². The van der Waals surface area contributed by atoms with Crippen molar-refractivity contribution >= 4 is 33.6 Å². The van der Waals surface area contributed by atoms with Crippen molar-refractivity contribution in [2.24, 2.45) is 0 Å². The first-order valence-electron chi connectivity index (χ1n) is 16.6. The smallest absolute Gasteiger partial charge is 0.404 e. The van der Waals surface area contributed by atoms with Crippen molar-refractivity contribution in [2.75, 3.05) is 51.6 Å². The summed E-state index contributed by atoms with van der Waals surface area (Å²) in [5.41, 5.74) is -0.0329. The van der Waals surface area contributed by atoms with Gasteiger partial charge in [0.2, 0.25) is 0 Å². The third kappa shape index (κ3) is 6.26. The van der Waals surface area contributed by atoms with Crippen LogP contribution < -0.4 is 19.7 Å². The van der Waals surface area contributed by atoms with E-state index in [1.165, 1.54) is 19.4 Å². The summed E-state index contributed by atoms with van der Waals surface area (Å²) in [7, 11) is 1.48. The molecule has 2 aromatic carbocycles. The Morgan fingerprint density at radius 3 is 2.69 bits per heavy atom. The molecule has 0 radical (unpaired) electrons. The number of fused-ring (bicyclic) bond motifs is 3. The molecule has 0 aliphatic carbocycles. The number of terminal acetylenes is 1. The third-order valence-corrected chi connectivity index (χ3v) is 10.0. The van der Waals surface area contributed by atoms with Crippen LogP contribution in [-0.2, 0) is 4.74 Å². The van der Waals surface area contributed by atoms with Gasteiger partial charge in [0.05, 0.1) is 16.5 Å². The summed E-state index contributed by atoms with van der Waals surface area (Å²) in [6.45, 7) is 3.24. The molecule has 5 heterocycles. The van der Waals surface area contributed by atoms with E-state index in [0.29, 0.717) is 53.8 Å². The molecule has 0 saturated carbocycles. The van der Waals surface area contributed by atoms with Crippen LogP contribution in [0.25, 0.3) is 32.9 Å². The lowest BCUT2D eigenvalue weighted by Gasteiger charge is -2.31. The third-order valence-electron chi connectivity index (χ3n) is 10.0. The quantitative estimate of drug-likeness (QED) is 0.169. The monoisotopic (exact) mass is 672 g/mol. The molecule has 11 nitrogen and oxygen atoms in total. The predicted octanol–water partition coefficient (Wildman–Crippen LogP) is 5.72. The van der Waals surface area contributed by atoms with Crippen LogP contribution in [-0.4, -0.2) is 89.3 Å². The average Bonchev–Trinajstić information content (AvgIpc) is 3.59. The molecular formula is C36H38F2N6O5. The fraction of sp³-hybridized carbons (Fsp3) is 0.444. The highest BCUT2D eigenvalue weighted by molar-refractivity contribution is 6.03. The van der Waals surface area contributed by atoms with Crippen LogP contribution in [0.4, 0.5) is 19.4 Å². The highest BCUT2D eigenvalue weighted by Crippen LogP contribution is 2.41. The number of nitrogens with one attached hydrogen (secondary N) is 1. The second kappa shape index (κ2) is 13.6. The van der Waals surface area contributed by atoms with Gasteiger partial charge >= 0.3 is 12.1 Å². The van der Waals surface area contributed by atoms with Gasteiger partial charge in [0.1, 0.15) is 35.2 Å². The molecule has 3 aliphatic heterocycles. The first-order chi connectivity index (χ1) is 23.8. The van der Waals surface area contributed by atoms with Crippen LogP contribution in [0.15, 0.2) is 30.5 Å². The molecule has 0 unspecified atom stereocenters. The molecule has 3 saturated heterocycles. The molecule has 3 aliphatic rings. The number of methoxy groups -OCH3 is 1. The van der Waals surface area contributed by atoms with E-state index in [1.54, 1.807) is 18.2 Å². The normalized spacial score (nSPS) is 19.1. The summed E-state index contributed by atoms with van der Waals surface area (Å²) in [4.78, 5) is 30.0. The summed E-state index contributed by atoms with van der Waals surface area (Å²) in [6.07, 6.45) is 12.6. The van der Waals surface area contributed by atoms with Crippen molar-refractivity contribution in [2.45, 2.75) is 56.5 Å². The number of hydrogen-bond donors (Lipinski definition) is 2. The molecule has 13 heteroatoms. The zero-order valence-corrected chi connectivity index (χ0v) is 27.3. The van der Waals surface area contributed by atoms with Gasteiger partial charge in [0.15, 0.2) is 12.6 Å². The highest BCUT2D eigenvalue weighted by atomic mass is 19.1. The zero-order valence-electron chi connectivity index (χ0n) is 27.3. The largest absolute Gasteiger partial charge is 0.468 e. The number of pyridine rings is 1. The summed E-state index contributed by atoms with van der Waals surface area (Å²) < 4.78 is 49.3. The van der Waals surface area contributed by atoms with Crippen molar-refractivity contribution in [1.82, 2.24) is 25.2 Å². The fourth-order valence-electron chi connectivity index (χ4n) is 7.75. The Hall–Kier alpha value is -4.80. The predicted molar refractivity (Wildman–Crippen MR) is 180 cm³/mol. The van der Waals surface area contributed by atoms with Crippen molar-refractivity contribution in [3.05, 3.63) is 47.7 Å². The Kier molecular flexibility index (Phi) is 9.09. The Labute approximate surface area is 282 Å². The number of rotatable bonds is 9. The molecule has 1 amide bonds. The molecule has 49 heavy (non-hydrogen) atoms. The minimum absolute atomic E-state index is 0.0241. The van der Waals surface area contributed by atoms with E-state index in [2.05, 4.69) is 26.1 Å². The van der Waals surface area contributed by atoms with Crippen molar-refractivity contribution in [1.29, 1.82) is 0 Å². The van der Waals surface area contributed by atoms with E-state index in [0.717, 1.165) is 51.6 Å². The van der Waals surface area contributed by atoms with Crippen molar-refractivity contribution in [3.8, 4) is 35.4 Å². The number of hydrogen-bond acceptors (Lipinski definition) is 9. The standard InChI is InChI=1S/C36H38F2N6O5/c1-3-25-28(37)10-9-22-16-24(49-21-47-2)17-26(29(22)25)31-30(38)32-27(18-39-31)33(43-13-5-4-8-23(19-43)40-35(45)46)42-34(41-32)48-20-36-11-6-14-44(36)15-7-12-36/h1,9-10,16-18,23,40H,4-8,11-15,19-21H2,2H3,(H,45,46)/t23-/m1/s1. The lowest BCUT2D eigenvalue weighted by Crippen LogP contribution is -2.43. The van der Waals surface area contributed by atoms with E-state index in [4.69, 9.17) is 25.6 Å². The lowest BCUT2D eigenvalue weighted by molar-refractivity contribution is 0.0512. The van der Waals surface area contributed by atoms with E-state index in [1.807, 2.05) is 4.90 Å². The molecule has 2 N–H and O–H groups in total. The van der Waals surface area contributed by atoms with Gasteiger partial charge in [-0.25, -0.2) is 13.6 Å². The van der Waals surface area contributed by atoms with Crippen LogP contribution in [0.1, 0.15) is 50.5 Å². The van der Waals surface area contributed by atoms with Gasteiger partial charge in [-0.3, -0.25) is 9.88 Å². The molecule has 7 rings (SSSR count). The van der Waals surface area contributed by atoms with E-state index in [9.17, 15) is 9.90 Å². The number of amides is 1. The molecule has 256 valence electrons. The zero-order chi connectivity index (χ0) is 34.1. The average molecular weight is 673 g/mol. The van der Waals surface area contributed by atoms with Crippen molar-refractivity contribution < 1.29 is 32.9 Å². The summed E-state index contributed by atoms with van der Waals surface area (Å²) in [6, 6.07) is 5.72. The van der Waals surface area contributed by atoms with Gasteiger partial charge in [-0.2, -0.15) is 9.97 Å². The van der Waals surface area contributed by atoms with E-state index < -0.39 is 17.7 Å². The molecule has 1 atom stereocenters. The van der Waals surface area contributed by atoms with E-state index in [-0.39, 0.29) is 46.7 Å². The van der Waals surface area contributed by atoms with Crippen LogP contribution in [0.2, 0.25) is 0 Å². The molecule has 4 aromatic rings. The van der Waals surface area contributed by atoms with Crippen LogP contribution >= 0.6 is 0 Å². The minimum Gasteiger partial charge on any atom is -0.468 e. The van der Waals surface area contributed by atoms with Gasteiger partial charge in [0.25, 0.3) is 0 Å². The first-order valence-corrected chi connectivity index (χ1v) is 16.6. The second-order valence-corrected chi connectivity index (χ2v) is 13.0. The Balaban J connectivity index is 1.38. The molecule has 0 bridgehead atoms. The highest BCUT2D eigenvalue weighted by Gasteiger charge is 2.45. The molecule has 3 fully saturated rings. The Bertz CT molecular complexity index is 1940. The van der Waals surface area contributed by atoms with Crippen LogP contribution in [0, 0.1) is 24.0 Å². The second-order valence-electron chi connectivity index (χ2n) is 13.0. The first kappa shape index (κ1) is 32.7. The number of halogens is 2. The van der Waals surface area contributed by atoms with Gasteiger partial charge in [-0.05, 0) is 81.6 Å². The summed E-state index contributed by atoms with van der Waals surface area (Å²) in [5.74, 6) is 1.79. The number of anilines is 1. The number of nitrogens with zero attached hydrogens (tertiary/aromatic N) is 5. The minimum atomic E-state index is -1.11. The molecule has 2 aromatic heterocycles. The van der Waals surface area contributed by atoms with Gasteiger partial charge in [-0.1, -0.05) is 12.0 Å². The summed E-state index contributed by atoms with van der Waals surface area (Å²) >= 11 is 0. The fourth-order valence-corrected chi connectivity index (χ4v) is 7.75. The Morgan fingerprint density at radius 2 is 1.94 bits per heavy atom. The Morgan fingerprint density at radius 1 is 1.12 bits per heavy atom. The maximum atomic E-state index is 17.1. The number of benzene rings is 2. The maximum Gasteiger partial charge on any atom is 0.404 e. The molecule has 0 spiro atoms. The molecular weight excluding hydrogens is 634 g/mol. The van der Waals surface area contributed by atoms with E-state index >= 15 is 8.78 Å². The number of carbonyl (C=O) groups is 1. The number of ether oxygens (including phenoxy) is 3. The van der Waals surface area contributed by atoms with Crippen molar-refractivity contribution in [3.63, 3.8) is 0 Å².